The fraction of sp³-hybridized carbons (Fsp3) is 0.333. The third-order valence-electron chi connectivity index (χ3n) is 4.44. The van der Waals surface area contributed by atoms with Crippen LogP contribution in [0.1, 0.15) is 29.7 Å². The predicted octanol–water partition coefficient (Wildman–Crippen LogP) is 3.64. The molecule has 0 aromatic heterocycles. The Morgan fingerprint density at radius 2 is 1.77 bits per heavy atom. The summed E-state index contributed by atoms with van der Waals surface area (Å²) in [5.74, 6) is -1.62. The molecule has 0 fully saturated rings. The van der Waals surface area contributed by atoms with Gasteiger partial charge in [-0.2, -0.15) is 0 Å². The SMILES string of the molecule is Cc1ccc(C)c(NC(=O)C(c2ccccc2)N(C)CC(C)C(=O)O)c1. The summed E-state index contributed by atoms with van der Waals surface area (Å²) in [5.41, 5.74) is 3.65. The molecule has 5 heteroatoms. The van der Waals surface area contributed by atoms with E-state index in [-0.39, 0.29) is 12.5 Å². The molecule has 1 amide bonds. The van der Waals surface area contributed by atoms with Crippen molar-refractivity contribution in [1.82, 2.24) is 4.90 Å². The Kier molecular flexibility index (Phi) is 6.52. The van der Waals surface area contributed by atoms with Crippen LogP contribution in [0.5, 0.6) is 0 Å². The van der Waals surface area contributed by atoms with Gasteiger partial charge in [-0.1, -0.05) is 49.4 Å². The van der Waals surface area contributed by atoms with Crippen molar-refractivity contribution < 1.29 is 14.7 Å². The Bertz CT molecular complexity index is 774. The Morgan fingerprint density at radius 1 is 1.12 bits per heavy atom. The molecule has 0 spiro atoms. The number of nitrogens with one attached hydrogen (secondary N) is 1. The highest BCUT2D eigenvalue weighted by molar-refractivity contribution is 5.96. The van der Waals surface area contributed by atoms with Gasteiger partial charge in [-0.25, -0.2) is 0 Å². The van der Waals surface area contributed by atoms with Crippen molar-refractivity contribution in [3.05, 3.63) is 65.2 Å². The summed E-state index contributed by atoms with van der Waals surface area (Å²) in [6.45, 7) is 5.84. The van der Waals surface area contributed by atoms with Crippen LogP contribution in [0.4, 0.5) is 5.69 Å². The quantitative estimate of drug-likeness (QED) is 0.796. The van der Waals surface area contributed by atoms with Crippen molar-refractivity contribution in [1.29, 1.82) is 0 Å². The minimum Gasteiger partial charge on any atom is -0.481 e. The van der Waals surface area contributed by atoms with E-state index < -0.39 is 17.9 Å². The molecule has 0 bridgehead atoms. The fourth-order valence-electron chi connectivity index (χ4n) is 2.93. The van der Waals surface area contributed by atoms with Crippen molar-refractivity contribution in [2.45, 2.75) is 26.8 Å². The molecule has 0 aliphatic rings. The second kappa shape index (κ2) is 8.63. The number of rotatable bonds is 7. The number of likely N-dealkylation sites (N-methyl/N-ethyl adjacent to an activating group) is 1. The number of anilines is 1. The second-order valence-corrected chi connectivity index (χ2v) is 6.80. The number of aliphatic carboxylic acids is 1. The lowest BCUT2D eigenvalue weighted by Gasteiger charge is -2.29. The van der Waals surface area contributed by atoms with Crippen molar-refractivity contribution in [3.63, 3.8) is 0 Å². The maximum Gasteiger partial charge on any atom is 0.307 e. The van der Waals surface area contributed by atoms with E-state index in [9.17, 15) is 14.7 Å². The van der Waals surface area contributed by atoms with Gasteiger partial charge in [0.25, 0.3) is 0 Å². The van der Waals surface area contributed by atoms with E-state index in [0.29, 0.717) is 0 Å². The number of nitrogens with zero attached hydrogens (tertiary/aromatic N) is 1. The molecule has 2 N–H and O–H groups in total. The average molecular weight is 354 g/mol. The molecule has 0 heterocycles. The molecule has 0 aliphatic heterocycles. The summed E-state index contributed by atoms with van der Waals surface area (Å²) in [4.78, 5) is 26.1. The Morgan fingerprint density at radius 3 is 2.38 bits per heavy atom. The van der Waals surface area contributed by atoms with E-state index in [2.05, 4.69) is 5.32 Å². The van der Waals surface area contributed by atoms with Gasteiger partial charge in [0, 0.05) is 12.2 Å². The fourth-order valence-corrected chi connectivity index (χ4v) is 2.93. The number of carboxylic acid groups (broad SMARTS) is 1. The van der Waals surface area contributed by atoms with Crippen LogP contribution in [-0.4, -0.2) is 35.5 Å². The van der Waals surface area contributed by atoms with Crippen LogP contribution >= 0.6 is 0 Å². The maximum atomic E-state index is 13.1. The third kappa shape index (κ3) is 4.92. The van der Waals surface area contributed by atoms with Crippen LogP contribution in [0.3, 0.4) is 0 Å². The molecule has 2 aromatic carbocycles. The van der Waals surface area contributed by atoms with Gasteiger partial charge in [0.15, 0.2) is 0 Å². The summed E-state index contributed by atoms with van der Waals surface area (Å²) < 4.78 is 0. The van der Waals surface area contributed by atoms with Crippen LogP contribution in [0.25, 0.3) is 0 Å². The number of hydrogen-bond acceptors (Lipinski definition) is 3. The molecule has 0 saturated carbocycles. The molecule has 2 unspecified atom stereocenters. The molecule has 0 aliphatic carbocycles. The average Bonchev–Trinajstić information content (AvgIpc) is 2.59. The van der Waals surface area contributed by atoms with Gasteiger partial charge in [-0.15, -0.1) is 0 Å². The first-order valence-electron chi connectivity index (χ1n) is 8.65. The smallest absolute Gasteiger partial charge is 0.307 e. The van der Waals surface area contributed by atoms with Crippen LogP contribution < -0.4 is 5.32 Å². The number of benzene rings is 2. The largest absolute Gasteiger partial charge is 0.481 e. The Labute approximate surface area is 154 Å². The zero-order valence-electron chi connectivity index (χ0n) is 15.7. The first kappa shape index (κ1) is 19.7. The first-order valence-corrected chi connectivity index (χ1v) is 8.65. The minimum absolute atomic E-state index is 0.176. The Hall–Kier alpha value is -2.66. The van der Waals surface area contributed by atoms with Gasteiger partial charge in [-0.05, 0) is 43.7 Å². The number of aryl methyl sites for hydroxylation is 2. The van der Waals surface area contributed by atoms with Gasteiger partial charge in [0.05, 0.1) is 5.92 Å². The third-order valence-corrected chi connectivity index (χ3v) is 4.44. The second-order valence-electron chi connectivity index (χ2n) is 6.80. The van der Waals surface area contributed by atoms with Gasteiger partial charge < -0.3 is 10.4 Å². The molecular formula is C21H26N2O3. The lowest BCUT2D eigenvalue weighted by molar-refractivity contribution is -0.142. The first-order chi connectivity index (χ1) is 12.3. The topological polar surface area (TPSA) is 69.6 Å². The number of amides is 1. The molecule has 0 saturated heterocycles. The Balaban J connectivity index is 2.29. The zero-order valence-corrected chi connectivity index (χ0v) is 15.7. The molecule has 2 atom stereocenters. The molecule has 26 heavy (non-hydrogen) atoms. The van der Waals surface area contributed by atoms with Crippen LogP contribution in [0, 0.1) is 19.8 Å². The minimum atomic E-state index is -0.876. The standard InChI is InChI=1S/C21H26N2O3/c1-14-10-11-15(2)18(12-14)22-20(24)19(17-8-6-5-7-9-17)23(4)13-16(3)21(25)26/h5-12,16,19H,13H2,1-4H3,(H,22,24)(H,25,26). The van der Waals surface area contributed by atoms with E-state index in [1.165, 1.54) is 0 Å². The molecule has 2 rings (SSSR count). The molecule has 138 valence electrons. The predicted molar refractivity (Wildman–Crippen MR) is 103 cm³/mol. The summed E-state index contributed by atoms with van der Waals surface area (Å²) in [7, 11) is 1.78. The summed E-state index contributed by atoms with van der Waals surface area (Å²) in [6, 6.07) is 14.8. The van der Waals surface area contributed by atoms with Gasteiger partial charge >= 0.3 is 5.97 Å². The monoisotopic (exact) mass is 354 g/mol. The van der Waals surface area contributed by atoms with Gasteiger partial charge in [-0.3, -0.25) is 14.5 Å². The van der Waals surface area contributed by atoms with E-state index >= 15 is 0 Å². The maximum absolute atomic E-state index is 13.1. The lowest BCUT2D eigenvalue weighted by atomic mass is 10.0. The summed E-state index contributed by atoms with van der Waals surface area (Å²) in [5, 5.41) is 12.2. The van der Waals surface area contributed by atoms with Gasteiger partial charge in [0.2, 0.25) is 5.91 Å². The highest BCUT2D eigenvalue weighted by Crippen LogP contribution is 2.24. The summed E-state index contributed by atoms with van der Waals surface area (Å²) in [6.07, 6.45) is 0. The molecule has 2 aromatic rings. The van der Waals surface area contributed by atoms with E-state index in [0.717, 1.165) is 22.4 Å². The van der Waals surface area contributed by atoms with E-state index in [1.807, 2.05) is 62.4 Å². The summed E-state index contributed by atoms with van der Waals surface area (Å²) >= 11 is 0. The van der Waals surface area contributed by atoms with E-state index in [1.54, 1.807) is 18.9 Å². The number of carboxylic acids is 1. The number of carbonyl (C=O) groups excluding carboxylic acids is 1. The van der Waals surface area contributed by atoms with Crippen LogP contribution in [0.15, 0.2) is 48.5 Å². The normalized spacial score (nSPS) is 13.3. The van der Waals surface area contributed by atoms with E-state index in [4.69, 9.17) is 0 Å². The van der Waals surface area contributed by atoms with Crippen molar-refractivity contribution in [2.75, 3.05) is 18.9 Å². The molecule has 5 nitrogen and oxygen atoms in total. The van der Waals surface area contributed by atoms with Crippen LogP contribution in [0.2, 0.25) is 0 Å². The lowest BCUT2D eigenvalue weighted by Crippen LogP contribution is -2.38. The van der Waals surface area contributed by atoms with Gasteiger partial charge in [0.1, 0.15) is 6.04 Å². The van der Waals surface area contributed by atoms with Crippen molar-refractivity contribution in [3.8, 4) is 0 Å². The van der Waals surface area contributed by atoms with Crippen molar-refractivity contribution >= 4 is 17.6 Å². The highest BCUT2D eigenvalue weighted by atomic mass is 16.4. The molecular weight excluding hydrogens is 328 g/mol. The zero-order chi connectivity index (χ0) is 19.3. The number of carbonyl (C=O) groups is 2. The highest BCUT2D eigenvalue weighted by Gasteiger charge is 2.28. The number of hydrogen-bond donors (Lipinski definition) is 2. The van der Waals surface area contributed by atoms with Crippen LogP contribution in [-0.2, 0) is 9.59 Å². The molecule has 0 radical (unpaired) electrons. The van der Waals surface area contributed by atoms with Crippen molar-refractivity contribution in [2.24, 2.45) is 5.92 Å².